The van der Waals surface area contributed by atoms with Gasteiger partial charge in [0.05, 0.1) is 15.3 Å². The SMILES string of the molecule is CC(C)(C)c1ccnc(-c2[c-]ccc3c2oc2c3ccc3sc(C(C)(C)C)nc32)c1.Cc1ccc(-c2[c-]cccc2)nc1.[Ir]. The van der Waals surface area contributed by atoms with Gasteiger partial charge in [-0.05, 0) is 47.0 Å². The van der Waals surface area contributed by atoms with Crippen molar-refractivity contribution in [2.45, 2.75) is 59.3 Å². The molecule has 0 aliphatic carbocycles. The minimum atomic E-state index is 0. The molecule has 7 rings (SSSR count). The van der Waals surface area contributed by atoms with Gasteiger partial charge in [-0.1, -0.05) is 76.8 Å². The van der Waals surface area contributed by atoms with E-state index in [1.807, 2.05) is 55.7 Å². The molecule has 0 fully saturated rings. The summed E-state index contributed by atoms with van der Waals surface area (Å²) in [6.45, 7) is 15.3. The maximum Gasteiger partial charge on any atom is 0.148 e. The number of fused-ring (bicyclic) bond motifs is 5. The van der Waals surface area contributed by atoms with E-state index in [9.17, 15) is 0 Å². The van der Waals surface area contributed by atoms with Crippen molar-refractivity contribution in [3.63, 3.8) is 0 Å². The summed E-state index contributed by atoms with van der Waals surface area (Å²) in [7, 11) is 0. The number of aryl methyl sites for hydroxylation is 1. The average molecular weight is 774 g/mol. The Morgan fingerprint density at radius 1 is 0.750 bits per heavy atom. The van der Waals surface area contributed by atoms with Gasteiger partial charge >= 0.3 is 0 Å². The molecule has 0 spiro atoms. The largest absolute Gasteiger partial charge is 0.498 e. The summed E-state index contributed by atoms with van der Waals surface area (Å²) in [5, 5.41) is 3.29. The van der Waals surface area contributed by atoms with Crippen LogP contribution in [0.2, 0.25) is 0 Å². The van der Waals surface area contributed by atoms with Crippen LogP contribution in [0.25, 0.3) is 54.7 Å². The van der Waals surface area contributed by atoms with Gasteiger partial charge in [-0.25, -0.2) is 4.98 Å². The van der Waals surface area contributed by atoms with Crippen LogP contribution in [-0.2, 0) is 30.9 Å². The second-order valence-corrected chi connectivity index (χ2v) is 14.0. The molecular formula is C38H35IrN3OS-2. The van der Waals surface area contributed by atoms with Crippen molar-refractivity contribution in [2.24, 2.45) is 0 Å². The van der Waals surface area contributed by atoms with Crippen LogP contribution in [0.5, 0.6) is 0 Å². The number of furan rings is 1. The zero-order valence-electron chi connectivity index (χ0n) is 26.1. The summed E-state index contributed by atoms with van der Waals surface area (Å²) in [6, 6.07) is 31.0. The summed E-state index contributed by atoms with van der Waals surface area (Å²) in [4.78, 5) is 13.9. The fraction of sp³-hybridized carbons (Fsp3) is 0.237. The monoisotopic (exact) mass is 774 g/mol. The molecule has 0 aliphatic rings. The van der Waals surface area contributed by atoms with Crippen molar-refractivity contribution in [3.8, 4) is 22.5 Å². The summed E-state index contributed by atoms with van der Waals surface area (Å²) < 4.78 is 7.63. The molecule has 0 unspecified atom stereocenters. The first-order valence-corrected chi connectivity index (χ1v) is 15.3. The Bertz CT molecular complexity index is 2050. The summed E-state index contributed by atoms with van der Waals surface area (Å²) >= 11 is 1.74. The van der Waals surface area contributed by atoms with E-state index >= 15 is 0 Å². The zero-order chi connectivity index (χ0) is 30.4. The molecule has 0 atom stereocenters. The van der Waals surface area contributed by atoms with Gasteiger partial charge in [0, 0.05) is 43.3 Å². The predicted octanol–water partition coefficient (Wildman–Crippen LogP) is 10.5. The first-order chi connectivity index (χ1) is 20.5. The molecular weight excluding hydrogens is 739 g/mol. The van der Waals surface area contributed by atoms with Crippen LogP contribution in [-0.4, -0.2) is 15.0 Å². The molecule has 0 bridgehead atoms. The number of benzene rings is 3. The molecule has 4 aromatic heterocycles. The van der Waals surface area contributed by atoms with E-state index in [4.69, 9.17) is 9.40 Å². The Labute approximate surface area is 277 Å². The second-order valence-electron chi connectivity index (χ2n) is 12.9. The minimum absolute atomic E-state index is 0. The van der Waals surface area contributed by atoms with Gasteiger partial charge in [0.25, 0.3) is 0 Å². The molecule has 7 aromatic rings. The number of pyridine rings is 2. The Hall–Kier alpha value is -3.70. The first kappa shape index (κ1) is 31.7. The zero-order valence-corrected chi connectivity index (χ0v) is 29.3. The number of nitrogens with zero attached hydrogens (tertiary/aromatic N) is 3. The molecule has 0 saturated heterocycles. The molecule has 6 heteroatoms. The van der Waals surface area contributed by atoms with Crippen molar-refractivity contribution >= 4 is 43.5 Å². The Balaban J connectivity index is 0.000000230. The fourth-order valence-corrected chi connectivity index (χ4v) is 5.94. The van der Waals surface area contributed by atoms with Crippen LogP contribution in [0.1, 0.15) is 57.7 Å². The molecule has 225 valence electrons. The quantitative estimate of drug-likeness (QED) is 0.164. The number of aromatic nitrogens is 3. The van der Waals surface area contributed by atoms with Gasteiger partial charge in [0.2, 0.25) is 0 Å². The summed E-state index contributed by atoms with van der Waals surface area (Å²) in [6.07, 6.45) is 3.75. The van der Waals surface area contributed by atoms with Gasteiger partial charge < -0.3 is 14.4 Å². The van der Waals surface area contributed by atoms with Crippen LogP contribution in [0, 0.1) is 19.1 Å². The standard InChI is InChI=1S/C26H25N2OS.C12H10N.Ir/c1-25(2,3)15-12-13-27-19(14-15)18-9-7-8-16-17-10-11-20-21(23(17)29-22(16)18)28-24(30-20)26(4,5)6;1-10-7-8-12(13-9-10)11-5-3-2-4-6-11;/h7-8,10-14H,1-6H3;2-5,7-9H,1H3;/q2*-1;. The average Bonchev–Trinajstić information content (AvgIpc) is 3.60. The van der Waals surface area contributed by atoms with Crippen LogP contribution < -0.4 is 0 Å². The first-order valence-electron chi connectivity index (χ1n) is 14.5. The Kier molecular flexibility index (Phi) is 8.91. The molecule has 1 radical (unpaired) electrons. The number of thiazole rings is 1. The van der Waals surface area contributed by atoms with Gasteiger partial charge in [-0.2, -0.15) is 0 Å². The van der Waals surface area contributed by atoms with Gasteiger partial charge in [-0.15, -0.1) is 65.4 Å². The number of rotatable bonds is 2. The topological polar surface area (TPSA) is 51.8 Å². The van der Waals surface area contributed by atoms with Crippen LogP contribution in [0.4, 0.5) is 0 Å². The van der Waals surface area contributed by atoms with Crippen LogP contribution in [0.15, 0.2) is 89.6 Å². The smallest absolute Gasteiger partial charge is 0.148 e. The van der Waals surface area contributed by atoms with Crippen LogP contribution in [0.3, 0.4) is 0 Å². The normalized spacial score (nSPS) is 11.8. The van der Waals surface area contributed by atoms with Crippen molar-refractivity contribution < 1.29 is 24.5 Å². The van der Waals surface area contributed by atoms with Crippen LogP contribution >= 0.6 is 11.3 Å². The number of hydrogen-bond donors (Lipinski definition) is 0. The van der Waals surface area contributed by atoms with E-state index < -0.39 is 0 Å². The van der Waals surface area contributed by atoms with Crippen molar-refractivity contribution in [2.75, 3.05) is 0 Å². The van der Waals surface area contributed by atoms with Gasteiger partial charge in [0.15, 0.2) is 0 Å². The predicted molar refractivity (Wildman–Crippen MR) is 180 cm³/mol. The van der Waals surface area contributed by atoms with Crippen molar-refractivity contribution in [1.29, 1.82) is 0 Å². The maximum absolute atomic E-state index is 6.48. The molecule has 4 nitrogen and oxygen atoms in total. The van der Waals surface area contributed by atoms with Crippen molar-refractivity contribution in [3.05, 3.63) is 113 Å². The third kappa shape index (κ3) is 6.39. The second kappa shape index (κ2) is 12.4. The molecule has 3 aromatic carbocycles. The molecule has 0 amide bonds. The maximum atomic E-state index is 6.48. The minimum Gasteiger partial charge on any atom is -0.498 e. The van der Waals surface area contributed by atoms with E-state index in [1.165, 1.54) is 11.1 Å². The molecule has 4 heterocycles. The Morgan fingerprint density at radius 2 is 1.55 bits per heavy atom. The Morgan fingerprint density at radius 3 is 2.23 bits per heavy atom. The fourth-order valence-electron chi connectivity index (χ4n) is 4.91. The van der Waals surface area contributed by atoms with Gasteiger partial charge in [0.1, 0.15) is 11.1 Å². The summed E-state index contributed by atoms with van der Waals surface area (Å²) in [5.41, 5.74) is 8.91. The summed E-state index contributed by atoms with van der Waals surface area (Å²) in [5.74, 6) is 0. The van der Waals surface area contributed by atoms with E-state index in [1.54, 1.807) is 11.3 Å². The number of hydrogen-bond acceptors (Lipinski definition) is 5. The van der Waals surface area contributed by atoms with E-state index in [0.29, 0.717) is 0 Å². The van der Waals surface area contributed by atoms with E-state index in [0.717, 1.165) is 59.7 Å². The van der Waals surface area contributed by atoms with E-state index in [2.05, 4.69) is 100 Å². The molecule has 0 N–H and O–H groups in total. The third-order valence-corrected chi connectivity index (χ3v) is 8.82. The van der Waals surface area contributed by atoms with Gasteiger partial charge in [-0.3, -0.25) is 0 Å². The third-order valence-electron chi connectivity index (χ3n) is 7.38. The molecule has 0 saturated carbocycles. The van der Waals surface area contributed by atoms with Crippen molar-refractivity contribution in [1.82, 2.24) is 15.0 Å². The molecule has 0 aliphatic heterocycles. The molecule has 44 heavy (non-hydrogen) atoms. The van der Waals surface area contributed by atoms with E-state index in [-0.39, 0.29) is 30.9 Å².